The standard InChI is InChI=1S/C12H16FN3O3S/c1-7-4-9(5-10(14)12(7)13)20(18,19)15-6-11(17)16-8-2-3-8/h4-5,8,15H,2-3,6,14H2,1H3,(H,16,17). The first kappa shape index (κ1) is 14.7. The molecule has 1 fully saturated rings. The molecule has 0 radical (unpaired) electrons. The average molecular weight is 301 g/mol. The van der Waals surface area contributed by atoms with Gasteiger partial charge in [-0.3, -0.25) is 4.79 Å². The van der Waals surface area contributed by atoms with E-state index in [-0.39, 0.29) is 34.6 Å². The van der Waals surface area contributed by atoms with Crippen molar-refractivity contribution >= 4 is 21.6 Å². The van der Waals surface area contributed by atoms with Crippen molar-refractivity contribution in [3.05, 3.63) is 23.5 Å². The predicted molar refractivity (Wildman–Crippen MR) is 71.9 cm³/mol. The quantitative estimate of drug-likeness (QED) is 0.680. The van der Waals surface area contributed by atoms with Gasteiger partial charge in [0.15, 0.2) is 0 Å². The number of halogens is 1. The number of carbonyl (C=O) groups excluding carboxylic acids is 1. The maximum atomic E-state index is 13.4. The van der Waals surface area contributed by atoms with Crippen LogP contribution < -0.4 is 15.8 Å². The molecular weight excluding hydrogens is 285 g/mol. The number of hydrogen-bond acceptors (Lipinski definition) is 4. The van der Waals surface area contributed by atoms with Crippen molar-refractivity contribution < 1.29 is 17.6 Å². The number of sulfonamides is 1. The first-order valence-corrected chi connectivity index (χ1v) is 7.62. The molecule has 2 rings (SSSR count). The van der Waals surface area contributed by atoms with Crippen molar-refractivity contribution in [1.29, 1.82) is 0 Å². The second-order valence-electron chi connectivity index (χ2n) is 4.81. The Morgan fingerprint density at radius 1 is 1.45 bits per heavy atom. The minimum absolute atomic E-state index is 0.132. The van der Waals surface area contributed by atoms with Crippen LogP contribution >= 0.6 is 0 Å². The van der Waals surface area contributed by atoms with E-state index < -0.39 is 15.8 Å². The minimum atomic E-state index is -3.89. The Balaban J connectivity index is 2.07. The molecule has 8 heteroatoms. The lowest BCUT2D eigenvalue weighted by Crippen LogP contribution is -2.37. The van der Waals surface area contributed by atoms with Crippen molar-refractivity contribution in [3.8, 4) is 0 Å². The van der Waals surface area contributed by atoms with Crippen LogP contribution in [-0.4, -0.2) is 26.9 Å². The van der Waals surface area contributed by atoms with Gasteiger partial charge >= 0.3 is 0 Å². The number of amides is 1. The van der Waals surface area contributed by atoms with Gasteiger partial charge in [0, 0.05) is 6.04 Å². The van der Waals surface area contributed by atoms with E-state index in [1.807, 2.05) is 0 Å². The lowest BCUT2D eigenvalue weighted by atomic mass is 10.2. The molecule has 20 heavy (non-hydrogen) atoms. The Kier molecular flexibility index (Phi) is 3.96. The number of anilines is 1. The maximum absolute atomic E-state index is 13.4. The van der Waals surface area contributed by atoms with E-state index in [4.69, 9.17) is 5.73 Å². The normalized spacial score (nSPS) is 15.1. The number of carbonyl (C=O) groups is 1. The van der Waals surface area contributed by atoms with E-state index in [2.05, 4.69) is 10.0 Å². The molecule has 4 N–H and O–H groups in total. The Hall–Kier alpha value is -1.67. The predicted octanol–water partition coefficient (Wildman–Crippen LogP) is 0.273. The van der Waals surface area contributed by atoms with Gasteiger partial charge in [0.1, 0.15) is 5.82 Å². The molecule has 0 aliphatic heterocycles. The summed E-state index contributed by atoms with van der Waals surface area (Å²) < 4.78 is 39.5. The zero-order valence-electron chi connectivity index (χ0n) is 10.9. The lowest BCUT2D eigenvalue weighted by Gasteiger charge is -2.09. The maximum Gasteiger partial charge on any atom is 0.241 e. The van der Waals surface area contributed by atoms with Crippen LogP contribution in [0.15, 0.2) is 17.0 Å². The molecular formula is C12H16FN3O3S. The summed E-state index contributed by atoms with van der Waals surface area (Å²) in [6, 6.07) is 2.37. The van der Waals surface area contributed by atoms with E-state index in [9.17, 15) is 17.6 Å². The van der Waals surface area contributed by atoms with Gasteiger partial charge in [-0.05, 0) is 37.5 Å². The van der Waals surface area contributed by atoms with Crippen molar-refractivity contribution in [2.75, 3.05) is 12.3 Å². The molecule has 0 saturated heterocycles. The highest BCUT2D eigenvalue weighted by Crippen LogP contribution is 2.21. The fourth-order valence-corrected chi connectivity index (χ4v) is 2.77. The molecule has 1 saturated carbocycles. The average Bonchev–Trinajstić information content (AvgIpc) is 3.17. The Morgan fingerprint density at radius 3 is 2.65 bits per heavy atom. The van der Waals surface area contributed by atoms with E-state index in [0.29, 0.717) is 0 Å². The van der Waals surface area contributed by atoms with E-state index in [0.717, 1.165) is 18.9 Å². The Labute approximate surface area is 116 Å². The third kappa shape index (κ3) is 3.45. The summed E-state index contributed by atoms with van der Waals surface area (Å²) in [5.41, 5.74) is 5.29. The van der Waals surface area contributed by atoms with Gasteiger partial charge in [0.25, 0.3) is 0 Å². The second-order valence-corrected chi connectivity index (χ2v) is 6.58. The van der Waals surface area contributed by atoms with Crippen molar-refractivity contribution in [2.24, 2.45) is 0 Å². The fraction of sp³-hybridized carbons (Fsp3) is 0.417. The lowest BCUT2D eigenvalue weighted by molar-refractivity contribution is -0.120. The second kappa shape index (κ2) is 5.37. The number of nitrogens with two attached hydrogens (primary N) is 1. The number of hydrogen-bond donors (Lipinski definition) is 3. The highest BCUT2D eigenvalue weighted by Gasteiger charge is 2.24. The van der Waals surface area contributed by atoms with Gasteiger partial charge in [-0.15, -0.1) is 0 Å². The first-order valence-electron chi connectivity index (χ1n) is 6.14. The molecule has 1 aliphatic rings. The van der Waals surface area contributed by atoms with E-state index in [1.165, 1.54) is 13.0 Å². The van der Waals surface area contributed by atoms with Gasteiger partial charge in [-0.2, -0.15) is 0 Å². The molecule has 0 atom stereocenters. The molecule has 0 bridgehead atoms. The summed E-state index contributed by atoms with van der Waals surface area (Å²) in [4.78, 5) is 11.3. The van der Waals surface area contributed by atoms with Crippen LogP contribution in [0.4, 0.5) is 10.1 Å². The largest absolute Gasteiger partial charge is 0.396 e. The van der Waals surface area contributed by atoms with Crippen LogP contribution in [0.5, 0.6) is 0 Å². The summed E-state index contributed by atoms with van der Waals surface area (Å²) in [6.07, 6.45) is 1.85. The molecule has 0 spiro atoms. The zero-order chi connectivity index (χ0) is 14.9. The molecule has 0 heterocycles. The Morgan fingerprint density at radius 2 is 2.10 bits per heavy atom. The topological polar surface area (TPSA) is 101 Å². The summed E-state index contributed by atoms with van der Waals surface area (Å²) in [5.74, 6) is -1.03. The summed E-state index contributed by atoms with van der Waals surface area (Å²) in [6.45, 7) is 1.07. The van der Waals surface area contributed by atoms with Crippen LogP contribution in [0.2, 0.25) is 0 Å². The molecule has 1 aromatic carbocycles. The third-order valence-corrected chi connectivity index (χ3v) is 4.31. The summed E-state index contributed by atoms with van der Waals surface area (Å²) >= 11 is 0. The molecule has 1 amide bonds. The molecule has 1 aliphatic carbocycles. The van der Waals surface area contributed by atoms with Gasteiger partial charge in [-0.1, -0.05) is 0 Å². The summed E-state index contributed by atoms with van der Waals surface area (Å²) in [5, 5.41) is 2.66. The van der Waals surface area contributed by atoms with Gasteiger partial charge in [-0.25, -0.2) is 17.5 Å². The van der Waals surface area contributed by atoms with Crippen LogP contribution in [-0.2, 0) is 14.8 Å². The van der Waals surface area contributed by atoms with E-state index in [1.54, 1.807) is 0 Å². The fourth-order valence-electron chi connectivity index (χ4n) is 1.67. The number of nitrogens with one attached hydrogen (secondary N) is 2. The number of benzene rings is 1. The smallest absolute Gasteiger partial charge is 0.241 e. The zero-order valence-corrected chi connectivity index (χ0v) is 11.8. The number of aryl methyl sites for hydroxylation is 1. The summed E-state index contributed by atoms with van der Waals surface area (Å²) in [7, 11) is -3.89. The molecule has 110 valence electrons. The number of nitrogen functional groups attached to an aromatic ring is 1. The number of rotatable bonds is 5. The van der Waals surface area contributed by atoms with Crippen LogP contribution in [0.1, 0.15) is 18.4 Å². The van der Waals surface area contributed by atoms with Crippen molar-refractivity contribution in [1.82, 2.24) is 10.0 Å². The molecule has 0 aromatic heterocycles. The van der Waals surface area contributed by atoms with Crippen LogP contribution in [0.3, 0.4) is 0 Å². The molecule has 6 nitrogen and oxygen atoms in total. The van der Waals surface area contributed by atoms with Gasteiger partial charge in [0.05, 0.1) is 17.1 Å². The molecule has 0 unspecified atom stereocenters. The van der Waals surface area contributed by atoms with Gasteiger partial charge < -0.3 is 11.1 Å². The highest BCUT2D eigenvalue weighted by atomic mass is 32.2. The molecule has 1 aromatic rings. The first-order chi connectivity index (χ1) is 9.29. The minimum Gasteiger partial charge on any atom is -0.396 e. The Bertz CT molecular complexity index is 618. The SMILES string of the molecule is Cc1cc(S(=O)(=O)NCC(=O)NC2CC2)cc(N)c1F. The third-order valence-electron chi connectivity index (χ3n) is 2.93. The van der Waals surface area contributed by atoms with Crippen LogP contribution in [0, 0.1) is 12.7 Å². The van der Waals surface area contributed by atoms with Gasteiger partial charge in [0.2, 0.25) is 15.9 Å². The monoisotopic (exact) mass is 301 g/mol. The van der Waals surface area contributed by atoms with E-state index >= 15 is 0 Å². The van der Waals surface area contributed by atoms with Crippen molar-refractivity contribution in [3.63, 3.8) is 0 Å². The van der Waals surface area contributed by atoms with Crippen LogP contribution in [0.25, 0.3) is 0 Å². The highest BCUT2D eigenvalue weighted by molar-refractivity contribution is 7.89. The van der Waals surface area contributed by atoms with Crippen molar-refractivity contribution in [2.45, 2.75) is 30.7 Å².